The van der Waals surface area contributed by atoms with Crippen LogP contribution in [0, 0.1) is 11.8 Å². The molecule has 2 fully saturated rings. The second-order valence-corrected chi connectivity index (χ2v) is 8.09. The van der Waals surface area contributed by atoms with E-state index in [-0.39, 0.29) is 11.8 Å². The lowest BCUT2D eigenvalue weighted by Crippen LogP contribution is -2.58. The van der Waals surface area contributed by atoms with Gasteiger partial charge in [-0.05, 0) is 48.7 Å². The van der Waals surface area contributed by atoms with E-state index in [0.717, 1.165) is 43.7 Å². The molecule has 27 heavy (non-hydrogen) atoms. The zero-order valence-electron chi connectivity index (χ0n) is 15.5. The van der Waals surface area contributed by atoms with Crippen LogP contribution >= 0.6 is 0 Å². The molecule has 1 unspecified atom stereocenters. The average molecular weight is 359 g/mol. The summed E-state index contributed by atoms with van der Waals surface area (Å²) in [6.07, 6.45) is 6.99. The largest absolute Gasteiger partial charge is 0.383 e. The van der Waals surface area contributed by atoms with Gasteiger partial charge in [-0.15, -0.1) is 0 Å². The zero-order valence-corrected chi connectivity index (χ0v) is 15.5. The minimum absolute atomic E-state index is 0.252. The third-order valence-corrected chi connectivity index (χ3v) is 6.46. The molecule has 2 aromatic heterocycles. The molecule has 1 aliphatic heterocycles. The van der Waals surface area contributed by atoms with E-state index in [2.05, 4.69) is 39.1 Å². The molecule has 0 spiro atoms. The van der Waals surface area contributed by atoms with Gasteiger partial charge in [0.25, 0.3) is 0 Å². The lowest BCUT2D eigenvalue weighted by atomic mass is 9.64. The molecular weight excluding hydrogens is 334 g/mol. The van der Waals surface area contributed by atoms with Gasteiger partial charge >= 0.3 is 0 Å². The van der Waals surface area contributed by atoms with Gasteiger partial charge in [-0.2, -0.15) is 0 Å². The van der Waals surface area contributed by atoms with Crippen LogP contribution in [0.3, 0.4) is 0 Å². The van der Waals surface area contributed by atoms with Gasteiger partial charge in [-0.25, -0.2) is 0 Å². The Balaban J connectivity index is 1.39. The molecular formula is C23H25N3O. The van der Waals surface area contributed by atoms with Crippen molar-refractivity contribution >= 4 is 10.9 Å². The summed E-state index contributed by atoms with van der Waals surface area (Å²) in [5, 5.41) is 12.8. The molecule has 3 heterocycles. The number of fused-ring (bicyclic) bond motifs is 3. The van der Waals surface area contributed by atoms with Crippen LogP contribution in [0.25, 0.3) is 10.9 Å². The number of piperidine rings is 1. The van der Waals surface area contributed by atoms with Gasteiger partial charge in [0.15, 0.2) is 0 Å². The molecule has 1 saturated heterocycles. The average Bonchev–Trinajstić information content (AvgIpc) is 2.69. The summed E-state index contributed by atoms with van der Waals surface area (Å²) in [7, 11) is 0. The number of aliphatic hydroxyl groups is 1. The number of pyridine rings is 2. The lowest BCUT2D eigenvalue weighted by Gasteiger charge is -2.52. The normalized spacial score (nSPS) is 28.3. The smallest absolute Gasteiger partial charge is 0.114 e. The molecule has 4 heteroatoms. The maximum Gasteiger partial charge on any atom is 0.114 e. The SMILES string of the molecule is OC1(c2ccccn2)[C@@H]2CCC[C@H]1CN(Cc1ccc3ncccc3c1)C2. The van der Waals surface area contributed by atoms with E-state index in [9.17, 15) is 5.11 Å². The number of benzene rings is 1. The van der Waals surface area contributed by atoms with E-state index in [1.54, 1.807) is 6.20 Å². The number of aromatic nitrogens is 2. The standard InChI is InChI=1S/C23H25N3O/c27-23(22-8-1-2-11-25-22)19-6-3-7-20(23)16-26(15-19)14-17-9-10-21-18(13-17)5-4-12-24-21/h1-2,4-5,8-13,19-20,27H,3,6-7,14-16H2/t19-,20+,23?. The van der Waals surface area contributed by atoms with Crippen LogP contribution in [0.1, 0.15) is 30.5 Å². The highest BCUT2D eigenvalue weighted by molar-refractivity contribution is 5.78. The third kappa shape index (κ3) is 2.93. The van der Waals surface area contributed by atoms with E-state index in [1.165, 1.54) is 17.4 Å². The Labute approximate surface area is 159 Å². The summed E-state index contributed by atoms with van der Waals surface area (Å²) in [5.41, 5.74) is 2.44. The molecule has 3 atom stereocenters. The van der Waals surface area contributed by atoms with Gasteiger partial charge in [0.2, 0.25) is 0 Å². The molecule has 2 bridgehead atoms. The van der Waals surface area contributed by atoms with Gasteiger partial charge in [0.1, 0.15) is 5.60 Å². The van der Waals surface area contributed by atoms with Crippen molar-refractivity contribution in [2.45, 2.75) is 31.4 Å². The molecule has 1 N–H and O–H groups in total. The number of hydrogen-bond acceptors (Lipinski definition) is 4. The second-order valence-electron chi connectivity index (χ2n) is 8.09. The summed E-state index contributed by atoms with van der Waals surface area (Å²) in [6, 6.07) is 16.6. The fraction of sp³-hybridized carbons (Fsp3) is 0.391. The molecule has 1 saturated carbocycles. The highest BCUT2D eigenvalue weighted by Crippen LogP contribution is 2.48. The summed E-state index contributed by atoms with van der Waals surface area (Å²) < 4.78 is 0. The van der Waals surface area contributed by atoms with E-state index < -0.39 is 5.60 Å². The van der Waals surface area contributed by atoms with Crippen LogP contribution in [-0.4, -0.2) is 33.1 Å². The van der Waals surface area contributed by atoms with E-state index >= 15 is 0 Å². The quantitative estimate of drug-likeness (QED) is 0.774. The minimum Gasteiger partial charge on any atom is -0.383 e. The second kappa shape index (κ2) is 6.70. The van der Waals surface area contributed by atoms with Crippen molar-refractivity contribution in [1.29, 1.82) is 0 Å². The van der Waals surface area contributed by atoms with Crippen molar-refractivity contribution in [2.75, 3.05) is 13.1 Å². The highest BCUT2D eigenvalue weighted by atomic mass is 16.3. The highest BCUT2D eigenvalue weighted by Gasteiger charge is 2.52. The Kier molecular flexibility index (Phi) is 4.18. The fourth-order valence-corrected chi connectivity index (χ4v) is 5.17. The van der Waals surface area contributed by atoms with Crippen LogP contribution in [0.5, 0.6) is 0 Å². The number of rotatable bonds is 3. The number of hydrogen-bond donors (Lipinski definition) is 1. The van der Waals surface area contributed by atoms with E-state index in [0.29, 0.717) is 0 Å². The summed E-state index contributed by atoms with van der Waals surface area (Å²) in [6.45, 7) is 2.78. The third-order valence-electron chi connectivity index (χ3n) is 6.46. The van der Waals surface area contributed by atoms with Crippen LogP contribution < -0.4 is 0 Å². The minimum atomic E-state index is -0.774. The number of nitrogens with zero attached hydrogens (tertiary/aromatic N) is 3. The van der Waals surface area contributed by atoms with E-state index in [1.807, 2.05) is 30.5 Å². The topological polar surface area (TPSA) is 49.3 Å². The first-order valence-corrected chi connectivity index (χ1v) is 9.93. The molecule has 5 rings (SSSR count). The first-order valence-electron chi connectivity index (χ1n) is 9.93. The van der Waals surface area contributed by atoms with Gasteiger partial charge in [0, 0.05) is 49.2 Å². The molecule has 0 amide bonds. The first-order chi connectivity index (χ1) is 13.2. The molecule has 4 nitrogen and oxygen atoms in total. The van der Waals surface area contributed by atoms with Crippen molar-refractivity contribution in [2.24, 2.45) is 11.8 Å². The van der Waals surface area contributed by atoms with Crippen molar-refractivity contribution in [3.63, 3.8) is 0 Å². The predicted molar refractivity (Wildman–Crippen MR) is 106 cm³/mol. The van der Waals surface area contributed by atoms with E-state index in [4.69, 9.17) is 0 Å². The molecule has 0 radical (unpaired) electrons. The van der Waals surface area contributed by atoms with Crippen molar-refractivity contribution in [3.8, 4) is 0 Å². The maximum absolute atomic E-state index is 11.6. The van der Waals surface area contributed by atoms with Gasteiger partial charge in [-0.1, -0.05) is 24.6 Å². The van der Waals surface area contributed by atoms with Crippen molar-refractivity contribution in [1.82, 2.24) is 14.9 Å². The Bertz CT molecular complexity index is 929. The van der Waals surface area contributed by atoms with Gasteiger partial charge in [0.05, 0.1) is 11.2 Å². The van der Waals surface area contributed by atoms with Crippen LogP contribution in [0.4, 0.5) is 0 Å². The molecule has 138 valence electrons. The Morgan fingerprint density at radius 1 is 0.963 bits per heavy atom. The summed E-state index contributed by atoms with van der Waals surface area (Å²) in [5.74, 6) is 0.504. The van der Waals surface area contributed by atoms with Gasteiger partial charge in [-0.3, -0.25) is 14.9 Å². The Hall–Kier alpha value is -2.30. The molecule has 3 aromatic rings. The lowest BCUT2D eigenvalue weighted by molar-refractivity contribution is -0.151. The Morgan fingerprint density at radius 3 is 2.56 bits per heavy atom. The maximum atomic E-state index is 11.6. The van der Waals surface area contributed by atoms with Crippen LogP contribution in [-0.2, 0) is 12.1 Å². The van der Waals surface area contributed by atoms with Crippen molar-refractivity contribution in [3.05, 3.63) is 72.2 Å². The molecule has 2 aliphatic rings. The predicted octanol–water partition coefficient (Wildman–Crippen LogP) is 3.75. The summed E-state index contributed by atoms with van der Waals surface area (Å²) in [4.78, 5) is 11.5. The molecule has 1 aromatic carbocycles. The van der Waals surface area contributed by atoms with Crippen LogP contribution in [0.15, 0.2) is 60.9 Å². The van der Waals surface area contributed by atoms with Crippen molar-refractivity contribution < 1.29 is 5.11 Å². The fourth-order valence-electron chi connectivity index (χ4n) is 5.17. The zero-order chi connectivity index (χ0) is 18.3. The molecule has 1 aliphatic carbocycles. The Morgan fingerprint density at radius 2 is 1.78 bits per heavy atom. The van der Waals surface area contributed by atoms with Gasteiger partial charge < -0.3 is 5.11 Å². The first kappa shape index (κ1) is 16.8. The van der Waals surface area contributed by atoms with Crippen LogP contribution in [0.2, 0.25) is 0 Å². The summed E-state index contributed by atoms with van der Waals surface area (Å²) >= 11 is 0. The number of likely N-dealkylation sites (tertiary alicyclic amines) is 1. The monoisotopic (exact) mass is 359 g/mol.